The average Bonchev–Trinajstić information content (AvgIpc) is 2.97. The highest BCUT2D eigenvalue weighted by molar-refractivity contribution is 9.10. The number of hydrogen-bond acceptors (Lipinski definition) is 6. The summed E-state index contributed by atoms with van der Waals surface area (Å²) < 4.78 is 34.1. The number of amides is 2. The summed E-state index contributed by atoms with van der Waals surface area (Å²) in [4.78, 5) is 24.9. The molecule has 0 aliphatic carbocycles. The van der Waals surface area contributed by atoms with E-state index in [-0.39, 0.29) is 24.0 Å². The van der Waals surface area contributed by atoms with Crippen molar-refractivity contribution in [3.8, 4) is 5.75 Å². The minimum absolute atomic E-state index is 0.00888. The van der Waals surface area contributed by atoms with Gasteiger partial charge >= 0.3 is 0 Å². The van der Waals surface area contributed by atoms with Crippen molar-refractivity contribution in [2.24, 2.45) is 5.10 Å². The number of nitrogens with zero attached hydrogens (tertiary/aromatic N) is 2. The van der Waals surface area contributed by atoms with Crippen LogP contribution in [0.25, 0.3) is 0 Å². The lowest BCUT2D eigenvalue weighted by molar-refractivity contribution is -0.121. The summed E-state index contributed by atoms with van der Waals surface area (Å²) in [5, 5.41) is 7.17. The number of halogens is 2. The molecule has 0 heterocycles. The molecule has 0 aromatic heterocycles. The Hall–Kier alpha value is -4.03. The van der Waals surface area contributed by atoms with E-state index in [0.717, 1.165) is 14.3 Å². The minimum Gasteiger partial charge on any atom is -0.484 e. The number of carbonyl (C=O) groups is 2. The number of nitrogens with one attached hydrogen (secondary N) is 2. The summed E-state index contributed by atoms with van der Waals surface area (Å²) in [6, 6.07) is 28.7. The predicted molar refractivity (Wildman–Crippen MR) is 166 cm³/mol. The number of hydrogen-bond donors (Lipinski definition) is 2. The molecule has 4 aromatic carbocycles. The highest BCUT2D eigenvalue weighted by Gasteiger charge is 2.27. The second kappa shape index (κ2) is 14.7. The van der Waals surface area contributed by atoms with Gasteiger partial charge in [0.1, 0.15) is 5.75 Å². The molecule has 0 unspecified atom stereocenters. The van der Waals surface area contributed by atoms with Crippen molar-refractivity contribution in [3.05, 3.63) is 124 Å². The van der Waals surface area contributed by atoms with Gasteiger partial charge in [0.25, 0.3) is 11.8 Å². The second-order valence-corrected chi connectivity index (χ2v) is 12.2. The highest BCUT2D eigenvalue weighted by atomic mass is 79.9. The van der Waals surface area contributed by atoms with Crippen LogP contribution in [0, 0.1) is 0 Å². The lowest BCUT2D eigenvalue weighted by atomic mass is 10.2. The van der Waals surface area contributed by atoms with E-state index in [2.05, 4.69) is 31.8 Å². The average molecular weight is 670 g/mol. The molecule has 9 nitrogen and oxygen atoms in total. The van der Waals surface area contributed by atoms with Crippen molar-refractivity contribution in [2.75, 3.05) is 18.5 Å². The van der Waals surface area contributed by atoms with Crippen LogP contribution in [0.15, 0.2) is 118 Å². The maximum atomic E-state index is 13.4. The number of benzene rings is 4. The van der Waals surface area contributed by atoms with Crippen LogP contribution in [-0.4, -0.2) is 43.9 Å². The van der Waals surface area contributed by atoms with Gasteiger partial charge in [-0.2, -0.15) is 9.41 Å². The molecule has 0 saturated carbocycles. The summed E-state index contributed by atoms with van der Waals surface area (Å²) >= 11 is 9.23. The van der Waals surface area contributed by atoms with Crippen LogP contribution < -0.4 is 15.5 Å². The normalized spacial score (nSPS) is 11.4. The number of anilines is 1. The Labute approximate surface area is 257 Å². The van der Waals surface area contributed by atoms with E-state index < -0.39 is 22.5 Å². The van der Waals surface area contributed by atoms with Crippen LogP contribution in [0.3, 0.4) is 0 Å². The zero-order chi connectivity index (χ0) is 30.0. The van der Waals surface area contributed by atoms with Crippen molar-refractivity contribution < 1.29 is 22.7 Å². The number of rotatable bonds is 12. The molecule has 4 aromatic rings. The number of hydrazone groups is 1. The minimum atomic E-state index is -3.97. The molecule has 0 aliphatic rings. The summed E-state index contributed by atoms with van der Waals surface area (Å²) in [7, 11) is -3.97. The van der Waals surface area contributed by atoms with Gasteiger partial charge in [0.05, 0.1) is 17.7 Å². The van der Waals surface area contributed by atoms with Crippen LogP contribution in [0.2, 0.25) is 5.02 Å². The van der Waals surface area contributed by atoms with Gasteiger partial charge in [-0.05, 0) is 77.9 Å². The largest absolute Gasteiger partial charge is 0.484 e. The molecule has 216 valence electrons. The first-order chi connectivity index (χ1) is 20.2. The topological polar surface area (TPSA) is 117 Å². The van der Waals surface area contributed by atoms with Crippen molar-refractivity contribution in [3.63, 3.8) is 0 Å². The van der Waals surface area contributed by atoms with Crippen molar-refractivity contribution >= 4 is 61.3 Å². The maximum Gasteiger partial charge on any atom is 0.262 e. The second-order valence-electron chi connectivity index (χ2n) is 8.92. The van der Waals surface area contributed by atoms with Gasteiger partial charge in [-0.15, -0.1) is 0 Å². The molecule has 0 atom stereocenters. The van der Waals surface area contributed by atoms with Crippen LogP contribution >= 0.6 is 27.5 Å². The number of carbonyl (C=O) groups excluding carboxylic acids is 2. The van der Waals surface area contributed by atoms with Crippen molar-refractivity contribution in [1.29, 1.82) is 0 Å². The first-order valence-electron chi connectivity index (χ1n) is 12.6. The quantitative estimate of drug-likeness (QED) is 0.154. The third-order valence-corrected chi connectivity index (χ3v) is 8.30. The third kappa shape index (κ3) is 9.25. The number of sulfonamides is 1. The van der Waals surface area contributed by atoms with Gasteiger partial charge in [-0.25, -0.2) is 13.8 Å². The number of ether oxygens (including phenoxy) is 1. The lowest BCUT2D eigenvalue weighted by Crippen LogP contribution is -2.39. The molecule has 2 N–H and O–H groups in total. The van der Waals surface area contributed by atoms with Gasteiger partial charge in [0, 0.05) is 21.7 Å². The standard InChI is InChI=1S/C30H26BrClN4O5S/c31-24-11-15-28(16-12-24)42(39,40)36(19-23-5-2-1-3-6-23)20-29(37)35-33-18-22-9-13-27(14-10-22)41-21-30(38)34-26-8-4-7-25(32)17-26/h1-18H,19-21H2,(H,34,38)(H,35,37)/b33-18+. The van der Waals surface area contributed by atoms with Gasteiger partial charge in [-0.3, -0.25) is 9.59 Å². The van der Waals surface area contributed by atoms with Gasteiger partial charge in [-0.1, -0.05) is 63.9 Å². The Bertz CT molecular complexity index is 1650. The van der Waals surface area contributed by atoms with E-state index in [1.165, 1.54) is 18.3 Å². The Balaban J connectivity index is 1.32. The Morgan fingerprint density at radius 2 is 1.62 bits per heavy atom. The zero-order valence-electron chi connectivity index (χ0n) is 22.1. The van der Waals surface area contributed by atoms with Gasteiger partial charge in [0.15, 0.2) is 6.61 Å². The van der Waals surface area contributed by atoms with Crippen LogP contribution in [0.1, 0.15) is 11.1 Å². The van der Waals surface area contributed by atoms with E-state index in [1.54, 1.807) is 84.9 Å². The zero-order valence-corrected chi connectivity index (χ0v) is 25.3. The fourth-order valence-corrected chi connectivity index (χ4v) is 5.54. The van der Waals surface area contributed by atoms with Crippen LogP contribution in [-0.2, 0) is 26.2 Å². The molecule has 0 fully saturated rings. The molecular weight excluding hydrogens is 644 g/mol. The molecule has 0 aliphatic heterocycles. The van der Waals surface area contributed by atoms with E-state index in [9.17, 15) is 18.0 Å². The first-order valence-corrected chi connectivity index (χ1v) is 15.2. The molecular formula is C30H26BrClN4O5S. The highest BCUT2D eigenvalue weighted by Crippen LogP contribution is 2.21. The van der Waals surface area contributed by atoms with Gasteiger partial charge in [0.2, 0.25) is 10.0 Å². The SMILES string of the molecule is O=C(CN(Cc1ccccc1)S(=O)(=O)c1ccc(Br)cc1)N/N=C/c1ccc(OCC(=O)Nc2cccc(Cl)c2)cc1. The van der Waals surface area contributed by atoms with Gasteiger partial charge < -0.3 is 10.1 Å². The predicted octanol–water partition coefficient (Wildman–Crippen LogP) is 5.46. The summed E-state index contributed by atoms with van der Waals surface area (Å²) in [6.45, 7) is -0.623. The lowest BCUT2D eigenvalue weighted by Gasteiger charge is -2.21. The fraction of sp³-hybridized carbons (Fsp3) is 0.100. The molecule has 4 rings (SSSR count). The molecule has 2 amide bonds. The third-order valence-electron chi connectivity index (χ3n) is 5.73. The maximum absolute atomic E-state index is 13.4. The fourth-order valence-electron chi connectivity index (χ4n) is 3.71. The Morgan fingerprint density at radius 1 is 0.905 bits per heavy atom. The van der Waals surface area contributed by atoms with Crippen molar-refractivity contribution in [2.45, 2.75) is 11.4 Å². The van der Waals surface area contributed by atoms with E-state index in [0.29, 0.717) is 22.0 Å². The van der Waals surface area contributed by atoms with E-state index in [1.807, 2.05) is 6.07 Å². The van der Waals surface area contributed by atoms with Crippen LogP contribution in [0.4, 0.5) is 5.69 Å². The van der Waals surface area contributed by atoms with Crippen LogP contribution in [0.5, 0.6) is 5.75 Å². The molecule has 12 heteroatoms. The van der Waals surface area contributed by atoms with Crippen molar-refractivity contribution in [1.82, 2.24) is 9.73 Å². The molecule has 42 heavy (non-hydrogen) atoms. The molecule has 0 saturated heterocycles. The smallest absolute Gasteiger partial charge is 0.262 e. The Kier molecular flexibility index (Phi) is 10.8. The summed E-state index contributed by atoms with van der Waals surface area (Å²) in [6.07, 6.45) is 1.41. The Morgan fingerprint density at radius 3 is 2.31 bits per heavy atom. The first kappa shape index (κ1) is 30.9. The molecule has 0 spiro atoms. The summed E-state index contributed by atoms with van der Waals surface area (Å²) in [5.74, 6) is -0.477. The molecule has 0 radical (unpaired) electrons. The van der Waals surface area contributed by atoms with E-state index >= 15 is 0 Å². The molecule has 0 bridgehead atoms. The monoisotopic (exact) mass is 668 g/mol. The summed E-state index contributed by atoms with van der Waals surface area (Å²) in [5.41, 5.74) is 4.34. The van der Waals surface area contributed by atoms with E-state index in [4.69, 9.17) is 16.3 Å².